The smallest absolute Gasteiger partial charge is 0.331 e. The first-order valence-electron chi connectivity index (χ1n) is 11.5. The number of rotatable bonds is 8. The van der Waals surface area contributed by atoms with E-state index in [1.165, 1.54) is 50.6 Å². The molecule has 2 amide bonds. The third-order valence-corrected chi connectivity index (χ3v) is 5.12. The van der Waals surface area contributed by atoms with Gasteiger partial charge in [-0.1, -0.05) is 52.5 Å². The molecule has 0 aromatic heterocycles. The topological polar surface area (TPSA) is 90.0 Å². The van der Waals surface area contributed by atoms with Gasteiger partial charge in [0.05, 0.1) is 18.1 Å². The maximum Gasteiger partial charge on any atom is 0.331 e. The number of aliphatic carboxylic acids is 1. The molecule has 0 bridgehead atoms. The fourth-order valence-electron chi connectivity index (χ4n) is 3.04. The number of likely N-dealkylation sites (N-methyl/N-ethyl adjacent to an activating group) is 1. The number of amides is 2. The molecule has 0 saturated carbocycles. The molecule has 7 nitrogen and oxygen atoms in total. The van der Waals surface area contributed by atoms with Crippen LogP contribution in [-0.4, -0.2) is 71.5 Å². The van der Waals surface area contributed by atoms with Gasteiger partial charge in [-0.3, -0.25) is 14.5 Å². The van der Waals surface area contributed by atoms with Gasteiger partial charge >= 0.3 is 5.97 Å². The maximum atomic E-state index is 11.7. The number of carboxylic acid groups (broad SMARTS) is 1. The zero-order chi connectivity index (χ0) is 25.3. The molecular formula is C25H45N3O4. The highest BCUT2D eigenvalue weighted by molar-refractivity contribution is 5.86. The van der Waals surface area contributed by atoms with Gasteiger partial charge in [0.2, 0.25) is 12.3 Å². The van der Waals surface area contributed by atoms with Gasteiger partial charge in [-0.15, -0.1) is 6.42 Å². The van der Waals surface area contributed by atoms with E-state index in [0.717, 1.165) is 0 Å². The molecule has 0 radical (unpaired) electrons. The Morgan fingerprint density at radius 3 is 2.09 bits per heavy atom. The highest BCUT2D eigenvalue weighted by Gasteiger charge is 2.25. The lowest BCUT2D eigenvalue weighted by Gasteiger charge is -2.37. The van der Waals surface area contributed by atoms with Crippen LogP contribution in [0.1, 0.15) is 74.1 Å². The van der Waals surface area contributed by atoms with Crippen LogP contribution in [0, 0.1) is 18.3 Å². The van der Waals surface area contributed by atoms with Crippen LogP contribution in [0.4, 0.5) is 0 Å². The molecule has 0 aromatic carbocycles. The second-order valence-electron chi connectivity index (χ2n) is 8.85. The second kappa shape index (κ2) is 17.3. The summed E-state index contributed by atoms with van der Waals surface area (Å²) < 4.78 is 0. The van der Waals surface area contributed by atoms with Crippen molar-refractivity contribution in [2.24, 2.45) is 5.92 Å². The number of hydrogen-bond acceptors (Lipinski definition) is 4. The average Bonchev–Trinajstić information content (AvgIpc) is 2.76. The maximum absolute atomic E-state index is 11.7. The van der Waals surface area contributed by atoms with Crippen LogP contribution in [0.3, 0.4) is 0 Å². The summed E-state index contributed by atoms with van der Waals surface area (Å²) in [5, 5.41) is 11.1. The van der Waals surface area contributed by atoms with Crippen LogP contribution in [0.15, 0.2) is 11.6 Å². The molecular weight excluding hydrogens is 406 g/mol. The van der Waals surface area contributed by atoms with Crippen LogP contribution >= 0.6 is 0 Å². The summed E-state index contributed by atoms with van der Waals surface area (Å²) in [5.41, 5.74) is 0.164. The molecule has 1 heterocycles. The number of likely N-dealkylation sites (tertiary alicyclic amines) is 1. The number of terminal acetylenes is 1. The van der Waals surface area contributed by atoms with E-state index in [1.807, 2.05) is 13.8 Å². The van der Waals surface area contributed by atoms with Gasteiger partial charge in [-0.2, -0.15) is 0 Å². The van der Waals surface area contributed by atoms with Gasteiger partial charge in [0.25, 0.3) is 0 Å². The minimum Gasteiger partial charge on any atom is -0.478 e. The molecule has 2 N–H and O–H groups in total. The minimum atomic E-state index is -1.01. The van der Waals surface area contributed by atoms with Crippen molar-refractivity contribution in [3.63, 3.8) is 0 Å². The Labute approximate surface area is 195 Å². The van der Waals surface area contributed by atoms with Crippen molar-refractivity contribution >= 4 is 18.3 Å². The molecule has 1 fully saturated rings. The SMILES string of the molecule is C#CC(C)(C)N1CCCCC1.C/C(=C\[C@H](C(C)C)N(C)C(=O)CNC=O)C(=O)O.CCC. The first-order chi connectivity index (χ1) is 14.9. The molecule has 184 valence electrons. The van der Waals surface area contributed by atoms with Crippen molar-refractivity contribution in [2.75, 3.05) is 26.7 Å². The molecule has 1 aliphatic heterocycles. The Morgan fingerprint density at radius 1 is 1.22 bits per heavy atom. The molecule has 0 unspecified atom stereocenters. The van der Waals surface area contributed by atoms with Crippen LogP contribution in [0.25, 0.3) is 0 Å². The predicted molar refractivity (Wildman–Crippen MR) is 131 cm³/mol. The van der Waals surface area contributed by atoms with Crippen molar-refractivity contribution in [3.8, 4) is 12.3 Å². The van der Waals surface area contributed by atoms with E-state index in [9.17, 15) is 14.4 Å². The molecule has 1 rings (SSSR count). The van der Waals surface area contributed by atoms with Crippen molar-refractivity contribution < 1.29 is 19.5 Å². The summed E-state index contributed by atoms with van der Waals surface area (Å²) in [5.74, 6) is 1.64. The highest BCUT2D eigenvalue weighted by Crippen LogP contribution is 2.19. The average molecular weight is 452 g/mol. The standard InChI is InChI=1S/C12H20N2O4.C10H17N.C3H8/c1-8(2)10(5-9(3)12(17)18)14(4)11(16)6-13-7-15;1-4-10(2,3)11-8-6-5-7-9-11;1-3-2/h5,7-8,10H,6H2,1-4H3,(H,13,15)(H,17,18);1H,5-9H2,2-3H3;3H2,1-2H3/b9-5+;;/t10-;;/m1../s1. The molecule has 0 spiro atoms. The lowest BCUT2D eigenvalue weighted by atomic mass is 10.00. The van der Waals surface area contributed by atoms with E-state index < -0.39 is 5.97 Å². The Hall–Kier alpha value is -2.33. The first-order valence-corrected chi connectivity index (χ1v) is 11.5. The minimum absolute atomic E-state index is 0.0274. The van der Waals surface area contributed by atoms with Crippen molar-refractivity contribution in [3.05, 3.63) is 11.6 Å². The number of hydrogen-bond donors (Lipinski definition) is 2. The lowest BCUT2D eigenvalue weighted by molar-refractivity contribution is -0.133. The number of nitrogens with zero attached hydrogens (tertiary/aromatic N) is 2. The molecule has 7 heteroatoms. The van der Waals surface area contributed by atoms with E-state index >= 15 is 0 Å². The van der Waals surface area contributed by atoms with Gasteiger partial charge in [0.1, 0.15) is 0 Å². The van der Waals surface area contributed by atoms with Crippen LogP contribution in [-0.2, 0) is 14.4 Å². The Kier molecular flexibility index (Phi) is 17.2. The van der Waals surface area contributed by atoms with Crippen LogP contribution < -0.4 is 5.32 Å². The van der Waals surface area contributed by atoms with Gasteiger partial charge in [0, 0.05) is 12.6 Å². The third kappa shape index (κ3) is 13.2. The summed E-state index contributed by atoms with van der Waals surface area (Å²) in [6.07, 6.45) is 12.7. The second-order valence-corrected chi connectivity index (χ2v) is 8.85. The summed E-state index contributed by atoms with van der Waals surface area (Å²) in [6, 6.07) is -0.318. The van der Waals surface area contributed by atoms with Crippen molar-refractivity contribution in [1.82, 2.24) is 15.1 Å². The largest absolute Gasteiger partial charge is 0.478 e. The molecule has 0 aromatic rings. The Bertz CT molecular complexity index is 630. The third-order valence-electron chi connectivity index (χ3n) is 5.12. The monoisotopic (exact) mass is 451 g/mol. The van der Waals surface area contributed by atoms with Gasteiger partial charge in [-0.25, -0.2) is 4.79 Å². The van der Waals surface area contributed by atoms with Gasteiger partial charge < -0.3 is 15.3 Å². The fraction of sp³-hybridized carbons (Fsp3) is 0.720. The summed E-state index contributed by atoms with van der Waals surface area (Å²) in [4.78, 5) is 36.5. The Balaban J connectivity index is 0. The van der Waals surface area contributed by atoms with E-state index in [-0.39, 0.29) is 35.5 Å². The van der Waals surface area contributed by atoms with Crippen LogP contribution in [0.2, 0.25) is 0 Å². The number of piperidine rings is 1. The van der Waals surface area contributed by atoms with E-state index in [0.29, 0.717) is 6.41 Å². The first kappa shape index (κ1) is 31.9. The number of nitrogens with one attached hydrogen (secondary N) is 1. The summed E-state index contributed by atoms with van der Waals surface area (Å²) in [7, 11) is 1.59. The molecule has 1 saturated heterocycles. The lowest BCUT2D eigenvalue weighted by Crippen LogP contribution is -2.45. The van der Waals surface area contributed by atoms with Crippen LogP contribution in [0.5, 0.6) is 0 Å². The molecule has 1 atom stereocenters. The summed E-state index contributed by atoms with van der Waals surface area (Å²) >= 11 is 0. The zero-order valence-corrected chi connectivity index (χ0v) is 21.4. The van der Waals surface area contributed by atoms with Crippen molar-refractivity contribution in [1.29, 1.82) is 0 Å². The zero-order valence-electron chi connectivity index (χ0n) is 21.4. The molecule has 0 aliphatic carbocycles. The highest BCUT2D eigenvalue weighted by atomic mass is 16.4. The summed E-state index contributed by atoms with van der Waals surface area (Å²) in [6.45, 7) is 16.0. The van der Waals surface area contributed by atoms with Gasteiger partial charge in [0.15, 0.2) is 0 Å². The van der Waals surface area contributed by atoms with E-state index in [2.05, 4.69) is 43.8 Å². The molecule has 32 heavy (non-hydrogen) atoms. The van der Waals surface area contributed by atoms with E-state index in [4.69, 9.17) is 11.5 Å². The van der Waals surface area contributed by atoms with Crippen molar-refractivity contribution in [2.45, 2.75) is 85.7 Å². The quantitative estimate of drug-likeness (QED) is 0.335. The predicted octanol–water partition coefficient (Wildman–Crippen LogP) is 3.55. The number of carboxylic acids is 1. The normalized spacial score (nSPS) is 15.2. The van der Waals surface area contributed by atoms with Gasteiger partial charge in [-0.05, 0) is 52.6 Å². The number of carbonyl (C=O) groups excluding carboxylic acids is 2. The van der Waals surface area contributed by atoms with E-state index in [1.54, 1.807) is 13.1 Å². The molecule has 1 aliphatic rings. The Morgan fingerprint density at radius 2 is 1.72 bits per heavy atom. The number of carbonyl (C=O) groups is 3. The fourth-order valence-corrected chi connectivity index (χ4v) is 3.04.